The predicted molar refractivity (Wildman–Crippen MR) is 103 cm³/mol. The van der Waals surface area contributed by atoms with Gasteiger partial charge in [0.05, 0.1) is 17.9 Å². The number of halogens is 1. The van der Waals surface area contributed by atoms with Crippen molar-refractivity contribution in [2.24, 2.45) is 5.41 Å². The molecule has 0 aliphatic rings. The highest BCUT2D eigenvalue weighted by Crippen LogP contribution is 2.22. The van der Waals surface area contributed by atoms with Crippen molar-refractivity contribution in [2.45, 2.75) is 27.3 Å². The number of hydrogen-bond donors (Lipinski definition) is 2. The standard InChI is InChI=1S/C21H23FN2O4/c1-4-28-18(25)16-7-5-6-8-17(16)24-20(27)21(2,3)19(26)23-13-14-9-11-15(22)12-10-14/h5-12H,4,13H2,1-3H3,(H,23,26)(H,24,27). The zero-order chi connectivity index (χ0) is 20.7. The molecule has 0 atom stereocenters. The van der Waals surface area contributed by atoms with Crippen LogP contribution in [0.15, 0.2) is 48.5 Å². The summed E-state index contributed by atoms with van der Waals surface area (Å²) in [5, 5.41) is 5.30. The highest BCUT2D eigenvalue weighted by Gasteiger charge is 2.36. The van der Waals surface area contributed by atoms with Gasteiger partial charge < -0.3 is 15.4 Å². The first-order chi connectivity index (χ1) is 13.3. The molecule has 0 fully saturated rings. The number of para-hydroxylation sites is 1. The molecular weight excluding hydrogens is 363 g/mol. The maximum atomic E-state index is 13.0. The van der Waals surface area contributed by atoms with E-state index in [0.717, 1.165) is 0 Å². The lowest BCUT2D eigenvalue weighted by Gasteiger charge is -2.23. The monoisotopic (exact) mass is 386 g/mol. The number of benzene rings is 2. The number of esters is 1. The van der Waals surface area contributed by atoms with Gasteiger partial charge in [0.1, 0.15) is 11.2 Å². The number of anilines is 1. The molecule has 6 nitrogen and oxygen atoms in total. The minimum Gasteiger partial charge on any atom is -0.462 e. The fourth-order valence-corrected chi connectivity index (χ4v) is 2.37. The number of nitrogens with one attached hydrogen (secondary N) is 2. The van der Waals surface area contributed by atoms with Crippen molar-refractivity contribution in [1.82, 2.24) is 5.32 Å². The zero-order valence-electron chi connectivity index (χ0n) is 16.0. The molecule has 0 aromatic heterocycles. The van der Waals surface area contributed by atoms with Gasteiger partial charge in [-0.3, -0.25) is 9.59 Å². The van der Waals surface area contributed by atoms with Gasteiger partial charge in [0.15, 0.2) is 0 Å². The second-order valence-corrected chi connectivity index (χ2v) is 6.65. The van der Waals surface area contributed by atoms with E-state index >= 15 is 0 Å². The van der Waals surface area contributed by atoms with Crippen LogP contribution in [0.2, 0.25) is 0 Å². The van der Waals surface area contributed by atoms with Gasteiger partial charge in [0, 0.05) is 6.54 Å². The lowest BCUT2D eigenvalue weighted by Crippen LogP contribution is -2.45. The van der Waals surface area contributed by atoms with Gasteiger partial charge in [-0.1, -0.05) is 24.3 Å². The highest BCUT2D eigenvalue weighted by molar-refractivity contribution is 6.11. The van der Waals surface area contributed by atoms with Gasteiger partial charge in [-0.15, -0.1) is 0 Å². The third-order valence-corrected chi connectivity index (χ3v) is 4.17. The van der Waals surface area contributed by atoms with E-state index in [9.17, 15) is 18.8 Å². The summed E-state index contributed by atoms with van der Waals surface area (Å²) < 4.78 is 17.9. The Morgan fingerprint density at radius 3 is 2.29 bits per heavy atom. The molecule has 0 unspecified atom stereocenters. The van der Waals surface area contributed by atoms with E-state index in [0.29, 0.717) is 5.56 Å². The summed E-state index contributed by atoms with van der Waals surface area (Å²) in [4.78, 5) is 37.2. The largest absolute Gasteiger partial charge is 0.462 e. The molecule has 2 aromatic carbocycles. The van der Waals surface area contributed by atoms with Crippen molar-refractivity contribution >= 4 is 23.5 Å². The Balaban J connectivity index is 2.07. The van der Waals surface area contributed by atoms with Crippen LogP contribution >= 0.6 is 0 Å². The molecule has 2 rings (SSSR count). The van der Waals surface area contributed by atoms with Crippen LogP contribution < -0.4 is 10.6 Å². The Morgan fingerprint density at radius 1 is 1.00 bits per heavy atom. The topological polar surface area (TPSA) is 84.5 Å². The number of hydrogen-bond acceptors (Lipinski definition) is 4. The Bertz CT molecular complexity index is 863. The number of carbonyl (C=O) groups is 3. The number of ether oxygens (including phenoxy) is 1. The number of rotatable bonds is 7. The fraction of sp³-hybridized carbons (Fsp3) is 0.286. The van der Waals surface area contributed by atoms with Gasteiger partial charge in [-0.25, -0.2) is 9.18 Å². The summed E-state index contributed by atoms with van der Waals surface area (Å²) in [5.74, 6) is -1.99. The molecule has 28 heavy (non-hydrogen) atoms. The molecule has 0 aliphatic heterocycles. The summed E-state index contributed by atoms with van der Waals surface area (Å²) >= 11 is 0. The van der Waals surface area contributed by atoms with Crippen LogP contribution in [-0.4, -0.2) is 24.4 Å². The third-order valence-electron chi connectivity index (χ3n) is 4.17. The predicted octanol–water partition coefficient (Wildman–Crippen LogP) is 3.28. The highest BCUT2D eigenvalue weighted by atomic mass is 19.1. The number of amides is 2. The first kappa shape index (κ1) is 21.1. The molecule has 0 bridgehead atoms. The van der Waals surface area contributed by atoms with Gasteiger partial charge >= 0.3 is 5.97 Å². The lowest BCUT2D eigenvalue weighted by molar-refractivity contribution is -0.138. The summed E-state index contributed by atoms with van der Waals surface area (Å²) in [6, 6.07) is 12.1. The maximum Gasteiger partial charge on any atom is 0.340 e. The average Bonchev–Trinajstić information content (AvgIpc) is 2.67. The molecule has 0 aliphatic carbocycles. The summed E-state index contributed by atoms with van der Waals surface area (Å²) in [6.45, 7) is 5.02. The van der Waals surface area contributed by atoms with Crippen LogP contribution in [0.3, 0.4) is 0 Å². The average molecular weight is 386 g/mol. The quantitative estimate of drug-likeness (QED) is 0.565. The van der Waals surface area contributed by atoms with Crippen molar-refractivity contribution in [3.05, 3.63) is 65.5 Å². The van der Waals surface area contributed by atoms with Crippen LogP contribution in [0.5, 0.6) is 0 Å². The van der Waals surface area contributed by atoms with Crippen LogP contribution in [0.1, 0.15) is 36.7 Å². The van der Waals surface area contributed by atoms with Crippen molar-refractivity contribution in [3.63, 3.8) is 0 Å². The molecule has 0 radical (unpaired) electrons. The van der Waals surface area contributed by atoms with Gasteiger partial charge in [-0.2, -0.15) is 0 Å². The number of carbonyl (C=O) groups excluding carboxylic acids is 3. The van der Waals surface area contributed by atoms with Crippen LogP contribution in [-0.2, 0) is 20.9 Å². The minimum absolute atomic E-state index is 0.162. The minimum atomic E-state index is -1.40. The van der Waals surface area contributed by atoms with E-state index in [1.807, 2.05) is 0 Å². The smallest absolute Gasteiger partial charge is 0.340 e. The van der Waals surface area contributed by atoms with Gasteiger partial charge in [0.25, 0.3) is 0 Å². The van der Waals surface area contributed by atoms with Crippen LogP contribution in [0.4, 0.5) is 10.1 Å². The van der Waals surface area contributed by atoms with Crippen molar-refractivity contribution < 1.29 is 23.5 Å². The Hall–Kier alpha value is -3.22. The van der Waals surface area contributed by atoms with E-state index in [1.165, 1.54) is 32.0 Å². The Morgan fingerprint density at radius 2 is 1.64 bits per heavy atom. The van der Waals surface area contributed by atoms with Gasteiger partial charge in [-0.05, 0) is 50.6 Å². The van der Waals surface area contributed by atoms with E-state index in [2.05, 4.69) is 10.6 Å². The maximum absolute atomic E-state index is 13.0. The summed E-state index contributed by atoms with van der Waals surface area (Å²) in [7, 11) is 0. The van der Waals surface area contributed by atoms with Crippen molar-refractivity contribution in [2.75, 3.05) is 11.9 Å². The van der Waals surface area contributed by atoms with Gasteiger partial charge in [0.2, 0.25) is 11.8 Å². The van der Waals surface area contributed by atoms with E-state index in [1.54, 1.807) is 37.3 Å². The molecule has 2 N–H and O–H groups in total. The van der Waals surface area contributed by atoms with Crippen LogP contribution in [0, 0.1) is 11.2 Å². The molecule has 0 saturated heterocycles. The lowest BCUT2D eigenvalue weighted by atomic mass is 9.90. The summed E-state index contributed by atoms with van der Waals surface area (Å²) in [5.41, 5.74) is -0.217. The second kappa shape index (κ2) is 9.12. The van der Waals surface area contributed by atoms with E-state index in [4.69, 9.17) is 4.74 Å². The molecule has 148 valence electrons. The molecule has 2 amide bonds. The molecular formula is C21H23FN2O4. The van der Waals surface area contributed by atoms with E-state index in [-0.39, 0.29) is 30.2 Å². The SMILES string of the molecule is CCOC(=O)c1ccccc1NC(=O)C(C)(C)C(=O)NCc1ccc(F)cc1. The molecule has 2 aromatic rings. The molecule has 0 spiro atoms. The normalized spacial score (nSPS) is 10.9. The molecule has 7 heteroatoms. The first-order valence-electron chi connectivity index (χ1n) is 8.86. The van der Waals surface area contributed by atoms with Crippen LogP contribution in [0.25, 0.3) is 0 Å². The Labute approximate surface area is 163 Å². The summed E-state index contributed by atoms with van der Waals surface area (Å²) in [6.07, 6.45) is 0. The third kappa shape index (κ3) is 5.16. The first-order valence-corrected chi connectivity index (χ1v) is 8.86. The van der Waals surface area contributed by atoms with Crippen molar-refractivity contribution in [1.29, 1.82) is 0 Å². The second-order valence-electron chi connectivity index (χ2n) is 6.65. The molecule has 0 saturated carbocycles. The van der Waals surface area contributed by atoms with E-state index < -0.39 is 23.2 Å². The fourth-order valence-electron chi connectivity index (χ4n) is 2.37. The Kier molecular flexibility index (Phi) is 6.87. The zero-order valence-corrected chi connectivity index (χ0v) is 16.0. The van der Waals surface area contributed by atoms with Crippen molar-refractivity contribution in [3.8, 4) is 0 Å². The molecule has 0 heterocycles.